The van der Waals surface area contributed by atoms with Crippen LogP contribution >= 0.6 is 11.8 Å². The van der Waals surface area contributed by atoms with Gasteiger partial charge in [-0.2, -0.15) is 0 Å². The summed E-state index contributed by atoms with van der Waals surface area (Å²) in [4.78, 5) is 11.6. The molecule has 1 aromatic rings. The first-order chi connectivity index (χ1) is 10.8. The first kappa shape index (κ1) is 19.8. The number of thioether (sulfide) groups is 1. The van der Waals surface area contributed by atoms with Crippen LogP contribution in [0.1, 0.15) is 13.3 Å². The van der Waals surface area contributed by atoms with E-state index in [9.17, 15) is 13.2 Å². The number of benzene rings is 1. The minimum absolute atomic E-state index is 0.0202. The van der Waals surface area contributed by atoms with Crippen molar-refractivity contribution in [2.45, 2.75) is 24.3 Å². The molecule has 1 atom stereocenters. The van der Waals surface area contributed by atoms with Gasteiger partial charge in [0.2, 0.25) is 15.9 Å². The van der Waals surface area contributed by atoms with Crippen molar-refractivity contribution in [2.24, 2.45) is 10.9 Å². The Kier molecular flexibility index (Phi) is 8.38. The summed E-state index contributed by atoms with van der Waals surface area (Å²) < 4.78 is 27.7. The zero-order valence-corrected chi connectivity index (χ0v) is 14.7. The monoisotopic (exact) mass is 361 g/mol. The number of amides is 1. The Labute approximate surface area is 141 Å². The standard InChI is InChI=1S/C14H23N3O4S2/c1-11(15)6-7-17-14(18)10-22-9-8-21-12-2-4-13(5-3-12)23(16,19)20/h2-5,11H,6-10,15H2,1H3,(H,17,18)(H2,16,19,20). The number of sulfonamides is 1. The van der Waals surface area contributed by atoms with E-state index in [1.54, 1.807) is 12.1 Å². The van der Waals surface area contributed by atoms with Gasteiger partial charge in [-0.3, -0.25) is 4.79 Å². The highest BCUT2D eigenvalue weighted by Gasteiger charge is 2.07. The smallest absolute Gasteiger partial charge is 0.238 e. The van der Waals surface area contributed by atoms with E-state index >= 15 is 0 Å². The molecule has 0 aliphatic carbocycles. The molecule has 1 amide bonds. The molecule has 0 spiro atoms. The van der Waals surface area contributed by atoms with Gasteiger partial charge in [-0.15, -0.1) is 11.8 Å². The fraction of sp³-hybridized carbons (Fsp3) is 0.500. The molecule has 0 aliphatic rings. The Morgan fingerprint density at radius 1 is 1.35 bits per heavy atom. The summed E-state index contributed by atoms with van der Waals surface area (Å²) in [6.45, 7) is 2.91. The third-order valence-corrected chi connectivity index (χ3v) is 4.65. The van der Waals surface area contributed by atoms with E-state index < -0.39 is 10.0 Å². The van der Waals surface area contributed by atoms with Gasteiger partial charge in [0.05, 0.1) is 17.3 Å². The van der Waals surface area contributed by atoms with E-state index in [1.807, 2.05) is 6.92 Å². The highest BCUT2D eigenvalue weighted by Crippen LogP contribution is 2.15. The summed E-state index contributed by atoms with van der Waals surface area (Å²) in [5, 5.41) is 7.80. The summed E-state index contributed by atoms with van der Waals surface area (Å²) in [5.41, 5.74) is 5.59. The quantitative estimate of drug-likeness (QED) is 0.515. The summed E-state index contributed by atoms with van der Waals surface area (Å²) in [6.07, 6.45) is 0.758. The number of nitrogens with one attached hydrogen (secondary N) is 1. The predicted octanol–water partition coefficient (Wildman–Crippen LogP) is 0.300. The Bertz CT molecular complexity index is 589. The number of carbonyl (C=O) groups is 1. The highest BCUT2D eigenvalue weighted by molar-refractivity contribution is 7.99. The lowest BCUT2D eigenvalue weighted by Crippen LogP contribution is -2.30. The summed E-state index contributed by atoms with van der Waals surface area (Å²) in [7, 11) is -3.68. The molecule has 0 fully saturated rings. The summed E-state index contributed by atoms with van der Waals surface area (Å²) in [5.74, 6) is 1.55. The zero-order valence-electron chi connectivity index (χ0n) is 13.0. The van der Waals surface area contributed by atoms with Crippen molar-refractivity contribution in [3.8, 4) is 5.75 Å². The van der Waals surface area contributed by atoms with E-state index in [0.29, 0.717) is 30.4 Å². The van der Waals surface area contributed by atoms with Crippen LogP contribution in [0.3, 0.4) is 0 Å². The van der Waals surface area contributed by atoms with E-state index in [4.69, 9.17) is 15.6 Å². The van der Waals surface area contributed by atoms with Gasteiger partial charge in [-0.1, -0.05) is 0 Å². The molecular weight excluding hydrogens is 338 g/mol. The van der Waals surface area contributed by atoms with Crippen molar-refractivity contribution in [2.75, 3.05) is 24.7 Å². The zero-order chi connectivity index (χ0) is 17.3. The molecule has 7 nitrogen and oxygen atoms in total. The molecule has 23 heavy (non-hydrogen) atoms. The minimum Gasteiger partial charge on any atom is -0.493 e. The van der Waals surface area contributed by atoms with Crippen LogP contribution in [0.15, 0.2) is 29.2 Å². The van der Waals surface area contributed by atoms with E-state index in [0.717, 1.165) is 6.42 Å². The van der Waals surface area contributed by atoms with Gasteiger partial charge < -0.3 is 15.8 Å². The highest BCUT2D eigenvalue weighted by atomic mass is 32.2. The van der Waals surface area contributed by atoms with E-state index in [-0.39, 0.29) is 16.8 Å². The summed E-state index contributed by atoms with van der Waals surface area (Å²) >= 11 is 1.46. The molecule has 0 saturated carbocycles. The average Bonchev–Trinajstić information content (AvgIpc) is 2.46. The molecule has 1 unspecified atom stereocenters. The van der Waals surface area contributed by atoms with Gasteiger partial charge in [0.1, 0.15) is 5.75 Å². The Morgan fingerprint density at radius 3 is 2.57 bits per heavy atom. The van der Waals surface area contributed by atoms with Crippen LogP contribution < -0.4 is 20.9 Å². The molecule has 9 heteroatoms. The number of hydrogen-bond acceptors (Lipinski definition) is 6. The van der Waals surface area contributed by atoms with Crippen LogP contribution in [0.4, 0.5) is 0 Å². The average molecular weight is 361 g/mol. The number of rotatable bonds is 10. The van der Waals surface area contributed by atoms with Gasteiger partial charge in [-0.05, 0) is 37.6 Å². The second-order valence-electron chi connectivity index (χ2n) is 5.03. The van der Waals surface area contributed by atoms with Crippen molar-refractivity contribution in [1.82, 2.24) is 5.32 Å². The van der Waals surface area contributed by atoms with Gasteiger partial charge >= 0.3 is 0 Å². The molecular formula is C14H23N3O4S2. The first-order valence-corrected chi connectivity index (χ1v) is 9.85. The second kappa shape index (κ2) is 9.76. The lowest BCUT2D eigenvalue weighted by atomic mass is 10.2. The molecule has 1 rings (SSSR count). The van der Waals surface area contributed by atoms with Crippen molar-refractivity contribution in [3.63, 3.8) is 0 Å². The third kappa shape index (κ3) is 8.80. The van der Waals surface area contributed by atoms with Crippen molar-refractivity contribution in [1.29, 1.82) is 0 Å². The van der Waals surface area contributed by atoms with Gasteiger partial charge in [0.15, 0.2) is 0 Å². The lowest BCUT2D eigenvalue weighted by molar-refractivity contribution is -0.118. The third-order valence-electron chi connectivity index (χ3n) is 2.80. The maximum absolute atomic E-state index is 11.5. The molecule has 0 aliphatic heterocycles. The number of hydrogen-bond donors (Lipinski definition) is 3. The predicted molar refractivity (Wildman–Crippen MR) is 91.9 cm³/mol. The largest absolute Gasteiger partial charge is 0.493 e. The topological polar surface area (TPSA) is 125 Å². The van der Waals surface area contributed by atoms with E-state index in [1.165, 1.54) is 23.9 Å². The van der Waals surface area contributed by atoms with Crippen LogP contribution in [-0.2, 0) is 14.8 Å². The molecule has 5 N–H and O–H groups in total. The van der Waals surface area contributed by atoms with Gasteiger partial charge in [0.25, 0.3) is 0 Å². The SMILES string of the molecule is CC(N)CCNC(=O)CSCCOc1ccc(S(N)(=O)=O)cc1. The number of primary sulfonamides is 1. The van der Waals surface area contributed by atoms with Crippen molar-refractivity contribution in [3.05, 3.63) is 24.3 Å². The van der Waals surface area contributed by atoms with Crippen LogP contribution in [0.5, 0.6) is 5.75 Å². The van der Waals surface area contributed by atoms with Crippen molar-refractivity contribution >= 4 is 27.7 Å². The first-order valence-electron chi connectivity index (χ1n) is 7.14. The molecule has 0 saturated heterocycles. The molecule has 130 valence electrons. The maximum atomic E-state index is 11.5. The maximum Gasteiger partial charge on any atom is 0.238 e. The summed E-state index contributed by atoms with van der Waals surface area (Å²) in [6, 6.07) is 5.96. The second-order valence-corrected chi connectivity index (χ2v) is 7.70. The normalized spacial score (nSPS) is 12.7. The lowest BCUT2D eigenvalue weighted by Gasteiger charge is -2.08. The fourth-order valence-electron chi connectivity index (χ4n) is 1.60. The number of carbonyl (C=O) groups excluding carboxylic acids is 1. The van der Waals surface area contributed by atoms with Crippen LogP contribution in [0, 0.1) is 0 Å². The molecule has 0 radical (unpaired) electrons. The van der Waals surface area contributed by atoms with E-state index in [2.05, 4.69) is 5.32 Å². The van der Waals surface area contributed by atoms with Gasteiger partial charge in [0, 0.05) is 18.3 Å². The van der Waals surface area contributed by atoms with Crippen LogP contribution in [0.2, 0.25) is 0 Å². The molecule has 0 aromatic heterocycles. The van der Waals surface area contributed by atoms with Gasteiger partial charge in [-0.25, -0.2) is 13.6 Å². The van der Waals surface area contributed by atoms with Crippen LogP contribution in [0.25, 0.3) is 0 Å². The molecule has 0 bridgehead atoms. The van der Waals surface area contributed by atoms with Crippen LogP contribution in [-0.4, -0.2) is 45.0 Å². The Balaban J connectivity index is 2.16. The Morgan fingerprint density at radius 2 is 2.00 bits per heavy atom. The molecule has 0 heterocycles. The number of nitrogens with two attached hydrogens (primary N) is 2. The Hall–Kier alpha value is -1.29. The minimum atomic E-state index is -3.68. The molecule has 1 aromatic carbocycles. The fourth-order valence-corrected chi connectivity index (χ4v) is 2.75. The number of ether oxygens (including phenoxy) is 1. The van der Waals surface area contributed by atoms with Crippen molar-refractivity contribution < 1.29 is 17.9 Å².